The van der Waals surface area contributed by atoms with Crippen LogP contribution in [0, 0.1) is 5.41 Å². The lowest BCUT2D eigenvalue weighted by Crippen LogP contribution is -2.39. The predicted octanol–water partition coefficient (Wildman–Crippen LogP) is 3.37. The second-order valence-electron chi connectivity index (χ2n) is 5.59. The van der Waals surface area contributed by atoms with Crippen LogP contribution in [0.15, 0.2) is 30.3 Å². The molecule has 1 aliphatic carbocycles. The average molecular weight is 272 g/mol. The van der Waals surface area contributed by atoms with Crippen LogP contribution >= 0.6 is 0 Å². The molecule has 20 heavy (non-hydrogen) atoms. The van der Waals surface area contributed by atoms with E-state index in [0.29, 0.717) is 18.4 Å². The summed E-state index contributed by atoms with van der Waals surface area (Å²) in [7, 11) is 0. The number of carbonyl (C=O) groups is 3. The Morgan fingerprint density at radius 2 is 1.80 bits per heavy atom. The molecule has 0 amide bonds. The van der Waals surface area contributed by atoms with E-state index in [9.17, 15) is 14.4 Å². The standard InChI is InChI=1S/C17H20O3/c1-13(18)17(11-7-3-6-10-16(17)20)12-15(19)14-8-4-2-5-9-14/h2,4-5,8-9H,3,6-7,10-12H2,1H3. The van der Waals surface area contributed by atoms with E-state index in [4.69, 9.17) is 0 Å². The number of ketones is 3. The van der Waals surface area contributed by atoms with Crippen LogP contribution < -0.4 is 0 Å². The first-order chi connectivity index (χ1) is 9.56. The highest BCUT2D eigenvalue weighted by molar-refractivity contribution is 6.11. The van der Waals surface area contributed by atoms with Gasteiger partial charge in [0.15, 0.2) is 5.78 Å². The van der Waals surface area contributed by atoms with Gasteiger partial charge in [-0.3, -0.25) is 14.4 Å². The summed E-state index contributed by atoms with van der Waals surface area (Å²) in [5.74, 6) is -0.323. The molecular formula is C17H20O3. The molecule has 1 fully saturated rings. The number of hydrogen-bond donors (Lipinski definition) is 0. The van der Waals surface area contributed by atoms with Gasteiger partial charge in [-0.15, -0.1) is 0 Å². The van der Waals surface area contributed by atoms with Crippen molar-refractivity contribution < 1.29 is 14.4 Å². The van der Waals surface area contributed by atoms with Gasteiger partial charge in [0, 0.05) is 18.4 Å². The van der Waals surface area contributed by atoms with E-state index < -0.39 is 5.41 Å². The minimum Gasteiger partial charge on any atom is -0.299 e. The van der Waals surface area contributed by atoms with E-state index >= 15 is 0 Å². The summed E-state index contributed by atoms with van der Waals surface area (Å²) in [6.45, 7) is 1.45. The molecular weight excluding hydrogens is 252 g/mol. The molecule has 0 spiro atoms. The van der Waals surface area contributed by atoms with Crippen molar-refractivity contribution in [1.82, 2.24) is 0 Å². The molecule has 0 aliphatic heterocycles. The second-order valence-corrected chi connectivity index (χ2v) is 5.59. The van der Waals surface area contributed by atoms with E-state index in [-0.39, 0.29) is 23.8 Å². The quantitative estimate of drug-likeness (QED) is 0.479. The summed E-state index contributed by atoms with van der Waals surface area (Å²) in [5, 5.41) is 0. The van der Waals surface area contributed by atoms with Crippen LogP contribution in [0.5, 0.6) is 0 Å². The summed E-state index contributed by atoms with van der Waals surface area (Å²) in [6, 6.07) is 8.90. The Morgan fingerprint density at radius 1 is 1.10 bits per heavy atom. The van der Waals surface area contributed by atoms with Crippen molar-refractivity contribution >= 4 is 17.3 Å². The Morgan fingerprint density at radius 3 is 2.45 bits per heavy atom. The Bertz CT molecular complexity index is 518. The maximum atomic E-state index is 12.4. The van der Waals surface area contributed by atoms with E-state index in [2.05, 4.69) is 0 Å². The van der Waals surface area contributed by atoms with Crippen LogP contribution in [-0.2, 0) is 9.59 Å². The van der Waals surface area contributed by atoms with Gasteiger partial charge in [-0.25, -0.2) is 0 Å². The summed E-state index contributed by atoms with van der Waals surface area (Å²) in [6.07, 6.45) is 3.58. The van der Waals surface area contributed by atoms with Crippen molar-refractivity contribution in [3.8, 4) is 0 Å². The van der Waals surface area contributed by atoms with E-state index in [1.807, 2.05) is 6.07 Å². The molecule has 106 valence electrons. The molecule has 0 aromatic heterocycles. The summed E-state index contributed by atoms with van der Waals surface area (Å²) in [5.41, 5.74) is -0.506. The van der Waals surface area contributed by atoms with Crippen LogP contribution in [0.3, 0.4) is 0 Å². The monoisotopic (exact) mass is 272 g/mol. The summed E-state index contributed by atoms with van der Waals surface area (Å²) < 4.78 is 0. The zero-order chi connectivity index (χ0) is 14.6. The van der Waals surface area contributed by atoms with Gasteiger partial charge >= 0.3 is 0 Å². The van der Waals surface area contributed by atoms with Crippen LogP contribution in [0.2, 0.25) is 0 Å². The maximum Gasteiger partial charge on any atom is 0.164 e. The fraction of sp³-hybridized carbons (Fsp3) is 0.471. The first kappa shape index (κ1) is 14.6. The van der Waals surface area contributed by atoms with Crippen molar-refractivity contribution in [2.75, 3.05) is 0 Å². The molecule has 0 bridgehead atoms. The lowest BCUT2D eigenvalue weighted by atomic mass is 9.71. The highest BCUT2D eigenvalue weighted by Gasteiger charge is 2.44. The molecule has 1 aromatic carbocycles. The Labute approximate surface area is 119 Å². The molecule has 0 radical (unpaired) electrons. The highest BCUT2D eigenvalue weighted by Crippen LogP contribution is 2.37. The lowest BCUT2D eigenvalue weighted by molar-refractivity contribution is -0.139. The molecule has 3 heteroatoms. The number of rotatable bonds is 4. The van der Waals surface area contributed by atoms with Crippen molar-refractivity contribution in [1.29, 1.82) is 0 Å². The first-order valence-corrected chi connectivity index (χ1v) is 7.19. The predicted molar refractivity (Wildman–Crippen MR) is 76.6 cm³/mol. The van der Waals surface area contributed by atoms with E-state index in [1.54, 1.807) is 24.3 Å². The van der Waals surface area contributed by atoms with Gasteiger partial charge in [0.2, 0.25) is 0 Å². The zero-order valence-electron chi connectivity index (χ0n) is 11.9. The average Bonchev–Trinajstić information content (AvgIpc) is 2.63. The minimum atomic E-state index is -1.08. The van der Waals surface area contributed by atoms with Gasteiger partial charge < -0.3 is 0 Å². The van der Waals surface area contributed by atoms with Crippen LogP contribution in [-0.4, -0.2) is 17.3 Å². The Kier molecular flexibility index (Phi) is 4.48. The van der Waals surface area contributed by atoms with E-state index in [0.717, 1.165) is 19.3 Å². The second kappa shape index (κ2) is 6.12. The molecule has 3 nitrogen and oxygen atoms in total. The van der Waals surface area contributed by atoms with Gasteiger partial charge in [0.05, 0.1) is 5.41 Å². The summed E-state index contributed by atoms with van der Waals surface area (Å²) in [4.78, 5) is 36.8. The van der Waals surface area contributed by atoms with Crippen molar-refractivity contribution in [2.24, 2.45) is 5.41 Å². The minimum absolute atomic E-state index is 0.0190. The van der Waals surface area contributed by atoms with Crippen molar-refractivity contribution in [3.63, 3.8) is 0 Å². The zero-order valence-corrected chi connectivity index (χ0v) is 11.9. The van der Waals surface area contributed by atoms with Gasteiger partial charge in [0.1, 0.15) is 11.6 Å². The van der Waals surface area contributed by atoms with Gasteiger partial charge in [0.25, 0.3) is 0 Å². The van der Waals surface area contributed by atoms with Crippen LogP contribution in [0.4, 0.5) is 0 Å². The van der Waals surface area contributed by atoms with Gasteiger partial charge in [-0.2, -0.15) is 0 Å². The van der Waals surface area contributed by atoms with Crippen molar-refractivity contribution in [3.05, 3.63) is 35.9 Å². The number of benzene rings is 1. The largest absolute Gasteiger partial charge is 0.299 e. The van der Waals surface area contributed by atoms with Crippen molar-refractivity contribution in [2.45, 2.75) is 45.4 Å². The molecule has 1 saturated carbocycles. The molecule has 0 heterocycles. The topological polar surface area (TPSA) is 51.2 Å². The van der Waals surface area contributed by atoms with Gasteiger partial charge in [-0.05, 0) is 19.8 Å². The fourth-order valence-corrected chi connectivity index (χ4v) is 2.95. The third-order valence-corrected chi connectivity index (χ3v) is 4.27. The Hall–Kier alpha value is -1.77. The maximum absolute atomic E-state index is 12.4. The summed E-state index contributed by atoms with van der Waals surface area (Å²) >= 11 is 0. The molecule has 2 rings (SSSR count). The smallest absolute Gasteiger partial charge is 0.164 e. The van der Waals surface area contributed by atoms with Gasteiger partial charge in [-0.1, -0.05) is 43.2 Å². The molecule has 0 saturated heterocycles. The molecule has 0 N–H and O–H groups in total. The molecule has 1 aliphatic rings. The number of hydrogen-bond acceptors (Lipinski definition) is 3. The Balaban J connectivity index is 2.27. The lowest BCUT2D eigenvalue weighted by Gasteiger charge is -2.27. The number of carbonyl (C=O) groups excluding carboxylic acids is 3. The number of Topliss-reactive ketones (excluding diaryl/α,β-unsaturated/α-hetero) is 3. The van der Waals surface area contributed by atoms with Crippen LogP contribution in [0.1, 0.15) is 55.8 Å². The van der Waals surface area contributed by atoms with E-state index in [1.165, 1.54) is 6.92 Å². The first-order valence-electron chi connectivity index (χ1n) is 7.19. The normalized spacial score (nSPS) is 23.1. The molecule has 1 atom stereocenters. The molecule has 1 unspecified atom stereocenters. The fourth-order valence-electron chi connectivity index (χ4n) is 2.95. The third kappa shape index (κ3) is 2.87. The highest BCUT2D eigenvalue weighted by atomic mass is 16.2. The molecule has 1 aromatic rings. The SMILES string of the molecule is CC(=O)C1(CC(=O)c2ccccc2)CCCCCC1=O. The third-order valence-electron chi connectivity index (χ3n) is 4.27. The van der Waals surface area contributed by atoms with Crippen LogP contribution in [0.25, 0.3) is 0 Å².